The SMILES string of the molecule is Cl.NCC(=O)NC12CCCC(C1)C1CCC2C1. The first-order chi connectivity index (χ1) is 7.73. The van der Waals surface area contributed by atoms with Gasteiger partial charge in [-0.25, -0.2) is 0 Å². The summed E-state index contributed by atoms with van der Waals surface area (Å²) in [5, 5.41) is 3.28. The van der Waals surface area contributed by atoms with Crippen LogP contribution in [0.4, 0.5) is 0 Å². The van der Waals surface area contributed by atoms with E-state index in [0.717, 1.165) is 17.8 Å². The van der Waals surface area contributed by atoms with Crippen molar-refractivity contribution in [1.82, 2.24) is 5.32 Å². The molecule has 1 amide bonds. The largest absolute Gasteiger partial charge is 0.349 e. The molecule has 3 rings (SSSR count). The molecule has 17 heavy (non-hydrogen) atoms. The molecule has 4 heteroatoms. The summed E-state index contributed by atoms with van der Waals surface area (Å²) in [5.74, 6) is 2.63. The zero-order chi connectivity index (χ0) is 11.2. The van der Waals surface area contributed by atoms with E-state index in [4.69, 9.17) is 5.73 Å². The first-order valence-corrected chi connectivity index (χ1v) is 6.74. The second-order valence-corrected chi connectivity index (χ2v) is 6.03. The highest BCUT2D eigenvalue weighted by atomic mass is 35.5. The van der Waals surface area contributed by atoms with Crippen LogP contribution in [0.25, 0.3) is 0 Å². The van der Waals surface area contributed by atoms with Crippen molar-refractivity contribution in [3.63, 3.8) is 0 Å². The molecule has 0 aromatic heterocycles. The van der Waals surface area contributed by atoms with Crippen LogP contribution < -0.4 is 11.1 Å². The topological polar surface area (TPSA) is 55.1 Å². The monoisotopic (exact) mass is 258 g/mol. The summed E-state index contributed by atoms with van der Waals surface area (Å²) in [6, 6.07) is 0. The molecule has 0 aliphatic heterocycles. The summed E-state index contributed by atoms with van der Waals surface area (Å²) in [5.41, 5.74) is 5.57. The van der Waals surface area contributed by atoms with Crippen molar-refractivity contribution in [2.24, 2.45) is 23.5 Å². The van der Waals surface area contributed by atoms with Crippen molar-refractivity contribution < 1.29 is 4.79 Å². The molecule has 3 nitrogen and oxygen atoms in total. The average molecular weight is 259 g/mol. The number of carbonyl (C=O) groups excluding carboxylic acids is 1. The maximum atomic E-state index is 11.6. The molecule has 4 unspecified atom stereocenters. The Morgan fingerprint density at radius 3 is 2.88 bits per heavy atom. The molecule has 4 atom stereocenters. The van der Waals surface area contributed by atoms with Crippen LogP contribution in [0.1, 0.15) is 44.9 Å². The zero-order valence-electron chi connectivity index (χ0n) is 10.3. The van der Waals surface area contributed by atoms with Crippen LogP contribution in [0.5, 0.6) is 0 Å². The first-order valence-electron chi connectivity index (χ1n) is 6.74. The van der Waals surface area contributed by atoms with Gasteiger partial charge in [-0.1, -0.05) is 12.8 Å². The normalized spacial score (nSPS) is 42.8. The molecule has 98 valence electrons. The molecule has 0 aromatic carbocycles. The summed E-state index contributed by atoms with van der Waals surface area (Å²) < 4.78 is 0. The lowest BCUT2D eigenvalue weighted by molar-refractivity contribution is -0.124. The van der Waals surface area contributed by atoms with E-state index in [9.17, 15) is 4.79 Å². The van der Waals surface area contributed by atoms with Crippen LogP contribution in [0, 0.1) is 17.8 Å². The number of rotatable bonds is 2. The van der Waals surface area contributed by atoms with E-state index >= 15 is 0 Å². The lowest BCUT2D eigenvalue weighted by Gasteiger charge is -2.50. The maximum absolute atomic E-state index is 11.6. The minimum absolute atomic E-state index is 0. The van der Waals surface area contributed by atoms with Crippen molar-refractivity contribution in [1.29, 1.82) is 0 Å². The van der Waals surface area contributed by atoms with Crippen molar-refractivity contribution in [2.45, 2.75) is 50.5 Å². The fourth-order valence-electron chi connectivity index (χ4n) is 4.62. The Morgan fingerprint density at radius 2 is 2.12 bits per heavy atom. The van der Waals surface area contributed by atoms with E-state index in [-0.39, 0.29) is 30.4 Å². The van der Waals surface area contributed by atoms with Crippen molar-refractivity contribution in [3.05, 3.63) is 0 Å². The van der Waals surface area contributed by atoms with Gasteiger partial charge >= 0.3 is 0 Å². The Labute approximate surface area is 109 Å². The van der Waals surface area contributed by atoms with E-state index in [1.807, 2.05) is 0 Å². The van der Waals surface area contributed by atoms with Crippen LogP contribution in [-0.2, 0) is 4.79 Å². The molecule has 4 bridgehead atoms. The molecule has 3 aliphatic rings. The van der Waals surface area contributed by atoms with Gasteiger partial charge in [0.05, 0.1) is 6.54 Å². The quantitative estimate of drug-likeness (QED) is 0.794. The van der Waals surface area contributed by atoms with Gasteiger partial charge in [-0.3, -0.25) is 4.79 Å². The molecular formula is C13H23ClN2O. The number of carbonyl (C=O) groups is 1. The summed E-state index contributed by atoms with van der Waals surface area (Å²) in [6.45, 7) is 0.141. The molecule has 0 spiro atoms. The van der Waals surface area contributed by atoms with E-state index < -0.39 is 0 Å². The Bertz CT molecular complexity index is 310. The third-order valence-electron chi connectivity index (χ3n) is 5.32. The van der Waals surface area contributed by atoms with Crippen LogP contribution >= 0.6 is 12.4 Å². The minimum Gasteiger partial charge on any atom is -0.349 e. The predicted molar refractivity (Wildman–Crippen MR) is 70.0 cm³/mol. The van der Waals surface area contributed by atoms with E-state index in [2.05, 4.69) is 5.32 Å². The van der Waals surface area contributed by atoms with Crippen molar-refractivity contribution >= 4 is 18.3 Å². The number of nitrogens with two attached hydrogens (primary N) is 1. The van der Waals surface area contributed by atoms with Gasteiger partial charge in [0.15, 0.2) is 0 Å². The van der Waals surface area contributed by atoms with Gasteiger partial charge in [0, 0.05) is 5.54 Å². The van der Waals surface area contributed by atoms with E-state index in [1.54, 1.807) is 0 Å². The molecule has 0 saturated heterocycles. The Kier molecular flexibility index (Phi) is 3.69. The summed E-state index contributed by atoms with van der Waals surface area (Å²) >= 11 is 0. The van der Waals surface area contributed by atoms with E-state index in [1.165, 1.54) is 44.9 Å². The number of amides is 1. The van der Waals surface area contributed by atoms with Crippen LogP contribution in [0.2, 0.25) is 0 Å². The molecule has 3 fully saturated rings. The first kappa shape index (κ1) is 13.2. The number of fused-ring (bicyclic) bond motifs is 6. The third kappa shape index (κ3) is 2.08. The summed E-state index contributed by atoms with van der Waals surface area (Å²) in [7, 11) is 0. The predicted octanol–water partition coefficient (Wildman–Crippen LogP) is 1.84. The highest BCUT2D eigenvalue weighted by Crippen LogP contribution is 2.56. The third-order valence-corrected chi connectivity index (χ3v) is 5.32. The van der Waals surface area contributed by atoms with Crippen LogP contribution in [0.3, 0.4) is 0 Å². The Balaban J connectivity index is 0.00000108. The highest BCUT2D eigenvalue weighted by molar-refractivity contribution is 5.85. The zero-order valence-corrected chi connectivity index (χ0v) is 11.1. The minimum atomic E-state index is 0. The molecule has 0 aromatic rings. The molecule has 3 N–H and O–H groups in total. The lowest BCUT2D eigenvalue weighted by Crippen LogP contribution is -2.59. The van der Waals surface area contributed by atoms with Gasteiger partial charge in [-0.15, -0.1) is 12.4 Å². The molecule has 0 heterocycles. The van der Waals surface area contributed by atoms with Crippen LogP contribution in [0.15, 0.2) is 0 Å². The van der Waals surface area contributed by atoms with Gasteiger partial charge in [-0.2, -0.15) is 0 Å². The number of hydrogen-bond acceptors (Lipinski definition) is 2. The fourth-order valence-corrected chi connectivity index (χ4v) is 4.62. The van der Waals surface area contributed by atoms with Gasteiger partial charge in [0.25, 0.3) is 0 Å². The number of halogens is 1. The van der Waals surface area contributed by atoms with Gasteiger partial charge < -0.3 is 11.1 Å². The second-order valence-electron chi connectivity index (χ2n) is 6.03. The van der Waals surface area contributed by atoms with Crippen LogP contribution in [-0.4, -0.2) is 18.0 Å². The smallest absolute Gasteiger partial charge is 0.234 e. The molecule has 0 radical (unpaired) electrons. The lowest BCUT2D eigenvalue weighted by atomic mass is 9.61. The average Bonchev–Trinajstić information content (AvgIpc) is 2.75. The Morgan fingerprint density at radius 1 is 1.29 bits per heavy atom. The Hall–Kier alpha value is -0.280. The standard InChI is InChI=1S/C13H22N2O.ClH/c14-8-12(16)15-13-5-1-2-10(7-13)9-3-4-11(13)6-9;/h9-11H,1-8,14H2,(H,15,16);1H. The number of nitrogens with one attached hydrogen (secondary N) is 1. The van der Waals surface area contributed by atoms with Gasteiger partial charge in [-0.05, 0) is 49.9 Å². The molecule has 3 aliphatic carbocycles. The fraction of sp³-hybridized carbons (Fsp3) is 0.923. The van der Waals surface area contributed by atoms with Gasteiger partial charge in [0.2, 0.25) is 5.91 Å². The van der Waals surface area contributed by atoms with Gasteiger partial charge in [0.1, 0.15) is 0 Å². The molecular weight excluding hydrogens is 236 g/mol. The summed E-state index contributed by atoms with van der Waals surface area (Å²) in [4.78, 5) is 11.6. The number of hydrogen-bond donors (Lipinski definition) is 2. The second kappa shape index (κ2) is 4.77. The summed E-state index contributed by atoms with van der Waals surface area (Å²) in [6.07, 6.45) is 9.18. The maximum Gasteiger partial charge on any atom is 0.234 e. The highest BCUT2D eigenvalue weighted by Gasteiger charge is 2.52. The van der Waals surface area contributed by atoms with Crippen molar-refractivity contribution in [2.75, 3.05) is 6.54 Å². The van der Waals surface area contributed by atoms with Crippen molar-refractivity contribution in [3.8, 4) is 0 Å². The molecule has 3 saturated carbocycles. The van der Waals surface area contributed by atoms with E-state index in [0.29, 0.717) is 0 Å².